The summed E-state index contributed by atoms with van der Waals surface area (Å²) in [5.74, 6) is 0.0821. The van der Waals surface area contributed by atoms with E-state index >= 15 is 0 Å². The molecular weight excluding hydrogens is 408 g/mol. The van der Waals surface area contributed by atoms with Crippen molar-refractivity contribution in [3.63, 3.8) is 0 Å². The van der Waals surface area contributed by atoms with Crippen LogP contribution in [0.5, 0.6) is 5.75 Å². The highest BCUT2D eigenvalue weighted by Gasteiger charge is 2.20. The molecule has 1 heterocycles. The van der Waals surface area contributed by atoms with E-state index in [0.717, 1.165) is 4.88 Å². The molecule has 0 bridgehead atoms. The van der Waals surface area contributed by atoms with E-state index in [0.29, 0.717) is 23.5 Å². The van der Waals surface area contributed by atoms with Crippen LogP contribution in [-0.2, 0) is 16.6 Å². The quantitative estimate of drug-likeness (QED) is 0.591. The van der Waals surface area contributed by atoms with Crippen molar-refractivity contribution in [3.05, 3.63) is 75.5 Å². The van der Waals surface area contributed by atoms with Gasteiger partial charge in [-0.2, -0.15) is 0 Å². The minimum absolute atomic E-state index is 0.0445. The van der Waals surface area contributed by atoms with E-state index in [2.05, 4.69) is 10.0 Å². The molecule has 0 fully saturated rings. The van der Waals surface area contributed by atoms with Gasteiger partial charge in [0.05, 0.1) is 24.2 Å². The Balaban J connectivity index is 1.83. The molecule has 1 amide bonds. The Hall–Kier alpha value is -2.84. The highest BCUT2D eigenvalue weighted by molar-refractivity contribution is 7.92. The molecular formula is C21H22N2O4S2. The van der Waals surface area contributed by atoms with Crippen LogP contribution in [0.25, 0.3) is 0 Å². The van der Waals surface area contributed by atoms with Crippen LogP contribution in [0.2, 0.25) is 0 Å². The predicted molar refractivity (Wildman–Crippen MR) is 115 cm³/mol. The standard InChI is InChI=1S/C21H22N2O4S2/c1-14-8-10-16(21(24)22-13-17-11-9-15(2)28-17)12-20(14)29(25,26)23-18-6-4-5-7-19(18)27-3/h4-12,23H,13H2,1-3H3,(H,22,24). The summed E-state index contributed by atoms with van der Waals surface area (Å²) in [6, 6.07) is 15.3. The first kappa shape index (κ1) is 20.9. The number of nitrogens with one attached hydrogen (secondary N) is 2. The summed E-state index contributed by atoms with van der Waals surface area (Å²) in [5.41, 5.74) is 1.15. The zero-order valence-corrected chi connectivity index (χ0v) is 18.0. The van der Waals surface area contributed by atoms with Crippen LogP contribution < -0.4 is 14.8 Å². The molecule has 0 saturated carbocycles. The number of benzene rings is 2. The number of methoxy groups -OCH3 is 1. The third kappa shape index (κ3) is 4.96. The molecule has 6 nitrogen and oxygen atoms in total. The molecule has 0 radical (unpaired) electrons. The number of thiophene rings is 1. The third-order valence-corrected chi connectivity index (χ3v) is 6.82. The summed E-state index contributed by atoms with van der Waals surface area (Å²) >= 11 is 1.61. The summed E-state index contributed by atoms with van der Waals surface area (Å²) in [7, 11) is -2.43. The van der Waals surface area contributed by atoms with E-state index < -0.39 is 10.0 Å². The maximum Gasteiger partial charge on any atom is 0.262 e. The Bertz CT molecular complexity index is 1140. The van der Waals surface area contributed by atoms with Crippen molar-refractivity contribution in [1.29, 1.82) is 0 Å². The van der Waals surface area contributed by atoms with Crippen molar-refractivity contribution in [3.8, 4) is 5.75 Å². The molecule has 1 aromatic heterocycles. The summed E-state index contributed by atoms with van der Waals surface area (Å²) in [6.45, 7) is 4.08. The van der Waals surface area contributed by atoms with Gasteiger partial charge in [-0.05, 0) is 55.8 Å². The third-order valence-electron chi connectivity index (χ3n) is 4.31. The SMILES string of the molecule is COc1ccccc1NS(=O)(=O)c1cc(C(=O)NCc2ccc(C)s2)ccc1C. The molecule has 0 spiro atoms. The van der Waals surface area contributed by atoms with E-state index in [9.17, 15) is 13.2 Å². The maximum absolute atomic E-state index is 13.0. The summed E-state index contributed by atoms with van der Waals surface area (Å²) in [5, 5.41) is 2.83. The van der Waals surface area contributed by atoms with Gasteiger partial charge in [0.2, 0.25) is 0 Å². The van der Waals surface area contributed by atoms with E-state index in [-0.39, 0.29) is 16.4 Å². The summed E-state index contributed by atoms with van der Waals surface area (Å²) in [4.78, 5) is 14.8. The fourth-order valence-electron chi connectivity index (χ4n) is 2.81. The molecule has 0 aliphatic heterocycles. The largest absolute Gasteiger partial charge is 0.495 e. The minimum atomic E-state index is -3.90. The lowest BCUT2D eigenvalue weighted by atomic mass is 10.1. The maximum atomic E-state index is 13.0. The van der Waals surface area contributed by atoms with E-state index in [1.807, 2.05) is 19.1 Å². The number of para-hydroxylation sites is 2. The topological polar surface area (TPSA) is 84.5 Å². The lowest BCUT2D eigenvalue weighted by molar-refractivity contribution is 0.0951. The number of rotatable bonds is 7. The van der Waals surface area contributed by atoms with Gasteiger partial charge in [-0.1, -0.05) is 18.2 Å². The average molecular weight is 431 g/mol. The number of aryl methyl sites for hydroxylation is 2. The van der Waals surface area contributed by atoms with Crippen molar-refractivity contribution < 1.29 is 17.9 Å². The first-order valence-electron chi connectivity index (χ1n) is 8.90. The van der Waals surface area contributed by atoms with Crippen LogP contribution in [0.3, 0.4) is 0 Å². The number of amides is 1. The van der Waals surface area contributed by atoms with Crippen molar-refractivity contribution in [2.75, 3.05) is 11.8 Å². The molecule has 0 aliphatic carbocycles. The number of sulfonamides is 1. The van der Waals surface area contributed by atoms with Gasteiger partial charge in [0, 0.05) is 15.3 Å². The molecule has 2 N–H and O–H groups in total. The zero-order chi connectivity index (χ0) is 21.0. The molecule has 0 atom stereocenters. The van der Waals surface area contributed by atoms with E-state index in [1.165, 1.54) is 18.1 Å². The van der Waals surface area contributed by atoms with Crippen molar-refractivity contribution in [1.82, 2.24) is 5.32 Å². The zero-order valence-electron chi connectivity index (χ0n) is 16.4. The number of carbonyl (C=O) groups is 1. The molecule has 3 rings (SSSR count). The Kier molecular flexibility index (Phi) is 6.24. The average Bonchev–Trinajstić information content (AvgIpc) is 3.11. The van der Waals surface area contributed by atoms with Gasteiger partial charge in [0.1, 0.15) is 5.75 Å². The molecule has 3 aromatic rings. The van der Waals surface area contributed by atoms with Gasteiger partial charge >= 0.3 is 0 Å². The molecule has 8 heteroatoms. The van der Waals surface area contributed by atoms with Gasteiger partial charge in [-0.3, -0.25) is 9.52 Å². The highest BCUT2D eigenvalue weighted by Crippen LogP contribution is 2.27. The smallest absolute Gasteiger partial charge is 0.262 e. The van der Waals surface area contributed by atoms with Crippen molar-refractivity contribution >= 4 is 33.0 Å². The normalized spacial score (nSPS) is 11.1. The number of ether oxygens (including phenoxy) is 1. The van der Waals surface area contributed by atoms with E-state index in [1.54, 1.807) is 54.7 Å². The second kappa shape index (κ2) is 8.67. The summed E-state index contributed by atoms with van der Waals surface area (Å²) in [6.07, 6.45) is 0. The second-order valence-corrected chi connectivity index (χ2v) is 9.50. The molecule has 2 aromatic carbocycles. The van der Waals surface area contributed by atoms with Crippen molar-refractivity contribution in [2.45, 2.75) is 25.3 Å². The summed E-state index contributed by atoms with van der Waals surface area (Å²) < 4.78 is 33.6. The fourth-order valence-corrected chi connectivity index (χ4v) is 4.98. The molecule has 0 aliphatic rings. The van der Waals surface area contributed by atoms with Gasteiger partial charge in [0.15, 0.2) is 0 Å². The van der Waals surface area contributed by atoms with Gasteiger partial charge in [-0.15, -0.1) is 11.3 Å². The number of hydrogen-bond donors (Lipinski definition) is 2. The molecule has 152 valence electrons. The predicted octanol–water partition coefficient (Wildman–Crippen LogP) is 4.10. The van der Waals surface area contributed by atoms with Crippen LogP contribution in [0.15, 0.2) is 59.5 Å². The first-order chi connectivity index (χ1) is 13.8. The van der Waals surface area contributed by atoms with Crippen molar-refractivity contribution in [2.24, 2.45) is 0 Å². The Morgan fingerprint density at radius 2 is 1.83 bits per heavy atom. The molecule has 29 heavy (non-hydrogen) atoms. The van der Waals surface area contributed by atoms with Crippen LogP contribution in [0, 0.1) is 13.8 Å². The van der Waals surface area contributed by atoms with Gasteiger partial charge in [-0.25, -0.2) is 8.42 Å². The lowest BCUT2D eigenvalue weighted by Gasteiger charge is -2.14. The van der Waals surface area contributed by atoms with Crippen LogP contribution >= 0.6 is 11.3 Å². The monoisotopic (exact) mass is 430 g/mol. The fraction of sp³-hybridized carbons (Fsp3) is 0.190. The van der Waals surface area contributed by atoms with Crippen LogP contribution in [-0.4, -0.2) is 21.4 Å². The number of anilines is 1. The van der Waals surface area contributed by atoms with Gasteiger partial charge < -0.3 is 10.1 Å². The number of carbonyl (C=O) groups excluding carboxylic acids is 1. The van der Waals surface area contributed by atoms with E-state index in [4.69, 9.17) is 4.74 Å². The highest BCUT2D eigenvalue weighted by atomic mass is 32.2. The van der Waals surface area contributed by atoms with Crippen LogP contribution in [0.4, 0.5) is 5.69 Å². The first-order valence-corrected chi connectivity index (χ1v) is 11.2. The number of hydrogen-bond acceptors (Lipinski definition) is 5. The molecule has 0 saturated heterocycles. The Morgan fingerprint density at radius 3 is 2.52 bits per heavy atom. The Labute approximate surface area is 174 Å². The van der Waals surface area contributed by atoms with Gasteiger partial charge in [0.25, 0.3) is 15.9 Å². The Morgan fingerprint density at radius 1 is 1.07 bits per heavy atom. The molecule has 0 unspecified atom stereocenters. The second-order valence-electron chi connectivity index (χ2n) is 6.48. The van der Waals surface area contributed by atoms with Crippen LogP contribution in [0.1, 0.15) is 25.7 Å². The lowest BCUT2D eigenvalue weighted by Crippen LogP contribution is -2.23. The minimum Gasteiger partial charge on any atom is -0.495 e.